The number of aliphatic hydroxyl groups excluding tert-OH is 1. The smallest absolute Gasteiger partial charge is 0.262 e. The normalized spacial score (nSPS) is 20.0. The lowest BCUT2D eigenvalue weighted by Crippen LogP contribution is -2.44. The largest absolute Gasteiger partial charge is 0.395 e. The minimum absolute atomic E-state index is 0.0503. The number of aromatic nitrogens is 3. The summed E-state index contributed by atoms with van der Waals surface area (Å²) in [5.41, 5.74) is 0.628. The van der Waals surface area contributed by atoms with Crippen LogP contribution in [0, 0.1) is 0 Å². The third-order valence-corrected chi connectivity index (χ3v) is 4.21. The Morgan fingerprint density at radius 2 is 2.24 bits per heavy atom. The van der Waals surface area contributed by atoms with Crippen LogP contribution < -0.4 is 5.56 Å². The quantitative estimate of drug-likeness (QED) is 0.894. The lowest BCUT2D eigenvalue weighted by atomic mass is 10.0. The number of aliphatic hydroxyl groups is 1. The van der Waals surface area contributed by atoms with Gasteiger partial charge in [-0.1, -0.05) is 6.42 Å². The van der Waals surface area contributed by atoms with Gasteiger partial charge in [0.25, 0.3) is 5.56 Å². The van der Waals surface area contributed by atoms with Gasteiger partial charge >= 0.3 is 0 Å². The van der Waals surface area contributed by atoms with Gasteiger partial charge in [0.2, 0.25) is 0 Å². The van der Waals surface area contributed by atoms with E-state index in [0.29, 0.717) is 17.4 Å². The molecule has 3 rings (SSSR count). The van der Waals surface area contributed by atoms with E-state index in [2.05, 4.69) is 14.9 Å². The monoisotopic (exact) mass is 288 g/mol. The lowest BCUT2D eigenvalue weighted by Gasteiger charge is -2.34. The summed E-state index contributed by atoms with van der Waals surface area (Å²) >= 11 is 0. The van der Waals surface area contributed by atoms with Gasteiger partial charge in [0.05, 0.1) is 23.8 Å². The summed E-state index contributed by atoms with van der Waals surface area (Å²) < 4.78 is 1.63. The SMILES string of the molecule is O=c1c2cnccc2ncn1CCN1CCCC[C@@H]1CO. The molecule has 0 saturated carbocycles. The van der Waals surface area contributed by atoms with Crippen molar-refractivity contribution in [2.75, 3.05) is 19.7 Å². The molecule has 0 radical (unpaired) electrons. The number of fused-ring (bicyclic) bond motifs is 1. The Balaban J connectivity index is 1.76. The number of piperidine rings is 1. The molecule has 1 fully saturated rings. The van der Waals surface area contributed by atoms with E-state index in [-0.39, 0.29) is 18.2 Å². The van der Waals surface area contributed by atoms with Crippen LogP contribution in [0.5, 0.6) is 0 Å². The molecular weight excluding hydrogens is 268 g/mol. The first-order valence-electron chi connectivity index (χ1n) is 7.43. The highest BCUT2D eigenvalue weighted by molar-refractivity contribution is 5.75. The number of likely N-dealkylation sites (tertiary alicyclic amines) is 1. The highest BCUT2D eigenvalue weighted by Crippen LogP contribution is 2.16. The molecular formula is C15H20N4O2. The second kappa shape index (κ2) is 6.32. The summed E-state index contributed by atoms with van der Waals surface area (Å²) in [6, 6.07) is 1.97. The van der Waals surface area contributed by atoms with Crippen molar-refractivity contribution in [3.8, 4) is 0 Å². The van der Waals surface area contributed by atoms with Crippen molar-refractivity contribution in [3.63, 3.8) is 0 Å². The molecule has 6 heteroatoms. The summed E-state index contributed by atoms with van der Waals surface area (Å²) in [7, 11) is 0. The summed E-state index contributed by atoms with van der Waals surface area (Å²) in [4.78, 5) is 22.9. The van der Waals surface area contributed by atoms with Crippen LogP contribution in [0.25, 0.3) is 10.9 Å². The van der Waals surface area contributed by atoms with Gasteiger partial charge in [0, 0.05) is 31.5 Å². The van der Waals surface area contributed by atoms with Gasteiger partial charge in [-0.3, -0.25) is 19.2 Å². The predicted molar refractivity (Wildman–Crippen MR) is 80.1 cm³/mol. The van der Waals surface area contributed by atoms with Crippen molar-refractivity contribution in [2.24, 2.45) is 0 Å². The molecule has 1 atom stereocenters. The maximum Gasteiger partial charge on any atom is 0.262 e. The van der Waals surface area contributed by atoms with Crippen LogP contribution in [-0.2, 0) is 6.54 Å². The van der Waals surface area contributed by atoms with Crippen molar-refractivity contribution in [3.05, 3.63) is 35.1 Å². The molecule has 0 bridgehead atoms. The number of pyridine rings is 1. The van der Waals surface area contributed by atoms with Crippen LogP contribution >= 0.6 is 0 Å². The average molecular weight is 288 g/mol. The van der Waals surface area contributed by atoms with E-state index in [4.69, 9.17) is 0 Å². The summed E-state index contributed by atoms with van der Waals surface area (Å²) in [5.74, 6) is 0. The maximum atomic E-state index is 12.4. The fraction of sp³-hybridized carbons (Fsp3) is 0.533. The number of hydrogen-bond acceptors (Lipinski definition) is 5. The van der Waals surface area contributed by atoms with Crippen molar-refractivity contribution in [1.82, 2.24) is 19.4 Å². The van der Waals surface area contributed by atoms with Gasteiger partial charge < -0.3 is 5.11 Å². The van der Waals surface area contributed by atoms with Crippen molar-refractivity contribution in [1.29, 1.82) is 0 Å². The Labute approximate surface area is 123 Å². The zero-order valence-electron chi connectivity index (χ0n) is 12.0. The van der Waals surface area contributed by atoms with Crippen LogP contribution in [0.1, 0.15) is 19.3 Å². The molecule has 112 valence electrons. The average Bonchev–Trinajstić information content (AvgIpc) is 2.55. The van der Waals surface area contributed by atoms with E-state index < -0.39 is 0 Å². The second-order valence-corrected chi connectivity index (χ2v) is 5.50. The topological polar surface area (TPSA) is 71.2 Å². The first-order chi connectivity index (χ1) is 10.3. The molecule has 0 aliphatic carbocycles. The molecule has 3 heterocycles. The number of nitrogens with zero attached hydrogens (tertiary/aromatic N) is 4. The van der Waals surface area contributed by atoms with E-state index in [1.54, 1.807) is 29.4 Å². The Kier molecular flexibility index (Phi) is 4.26. The van der Waals surface area contributed by atoms with Crippen LogP contribution in [0.3, 0.4) is 0 Å². The van der Waals surface area contributed by atoms with E-state index in [1.807, 2.05) is 0 Å². The summed E-state index contributed by atoms with van der Waals surface area (Å²) in [5, 5.41) is 9.98. The van der Waals surface area contributed by atoms with Gasteiger partial charge in [-0.25, -0.2) is 4.98 Å². The molecule has 0 spiro atoms. The van der Waals surface area contributed by atoms with Crippen molar-refractivity contribution >= 4 is 10.9 Å². The van der Waals surface area contributed by atoms with Gasteiger partial charge in [-0.05, 0) is 25.5 Å². The molecule has 6 nitrogen and oxygen atoms in total. The maximum absolute atomic E-state index is 12.4. The fourth-order valence-electron chi connectivity index (χ4n) is 2.96. The predicted octanol–water partition coefficient (Wildman–Crippen LogP) is 0.638. The molecule has 1 N–H and O–H groups in total. The van der Waals surface area contributed by atoms with Crippen LogP contribution in [-0.4, -0.2) is 50.3 Å². The summed E-state index contributed by atoms with van der Waals surface area (Å²) in [6.07, 6.45) is 8.17. The third-order valence-electron chi connectivity index (χ3n) is 4.21. The van der Waals surface area contributed by atoms with Crippen LogP contribution in [0.4, 0.5) is 0 Å². The van der Waals surface area contributed by atoms with Gasteiger partial charge in [-0.15, -0.1) is 0 Å². The van der Waals surface area contributed by atoms with E-state index in [1.165, 1.54) is 6.42 Å². The minimum Gasteiger partial charge on any atom is -0.395 e. The van der Waals surface area contributed by atoms with E-state index >= 15 is 0 Å². The molecule has 2 aromatic heterocycles. The van der Waals surface area contributed by atoms with Gasteiger partial charge in [0.15, 0.2) is 0 Å². The van der Waals surface area contributed by atoms with Crippen molar-refractivity contribution in [2.45, 2.75) is 31.8 Å². The van der Waals surface area contributed by atoms with E-state index in [9.17, 15) is 9.90 Å². The van der Waals surface area contributed by atoms with Gasteiger partial charge in [-0.2, -0.15) is 0 Å². The summed E-state index contributed by atoms with van der Waals surface area (Å²) in [6.45, 7) is 2.53. The molecule has 0 unspecified atom stereocenters. The zero-order chi connectivity index (χ0) is 14.7. The second-order valence-electron chi connectivity index (χ2n) is 5.50. The number of rotatable bonds is 4. The standard InChI is InChI=1S/C15H20N4O2/c20-10-12-3-1-2-6-18(12)7-8-19-11-17-14-4-5-16-9-13(14)15(19)21/h4-5,9,11-12,20H,1-3,6-8,10H2/t12-/m1/s1. The highest BCUT2D eigenvalue weighted by Gasteiger charge is 2.21. The Morgan fingerprint density at radius 1 is 1.33 bits per heavy atom. The Morgan fingerprint density at radius 3 is 3.10 bits per heavy atom. The van der Waals surface area contributed by atoms with Crippen molar-refractivity contribution < 1.29 is 5.11 Å². The number of hydrogen-bond donors (Lipinski definition) is 1. The first-order valence-corrected chi connectivity index (χ1v) is 7.43. The molecule has 2 aromatic rings. The Hall–Kier alpha value is -1.79. The Bertz CT molecular complexity index is 670. The first kappa shape index (κ1) is 14.2. The fourth-order valence-corrected chi connectivity index (χ4v) is 2.96. The molecule has 21 heavy (non-hydrogen) atoms. The molecule has 0 aromatic carbocycles. The molecule has 1 aliphatic heterocycles. The molecule has 1 saturated heterocycles. The van der Waals surface area contributed by atoms with Crippen LogP contribution in [0.15, 0.2) is 29.6 Å². The van der Waals surface area contributed by atoms with Gasteiger partial charge in [0.1, 0.15) is 0 Å². The minimum atomic E-state index is -0.0503. The lowest BCUT2D eigenvalue weighted by molar-refractivity contribution is 0.0869. The van der Waals surface area contributed by atoms with E-state index in [0.717, 1.165) is 25.9 Å². The molecule has 0 amide bonds. The molecule has 1 aliphatic rings. The third kappa shape index (κ3) is 2.96. The highest BCUT2D eigenvalue weighted by atomic mass is 16.3. The zero-order valence-corrected chi connectivity index (χ0v) is 12.0. The van der Waals surface area contributed by atoms with Crippen LogP contribution in [0.2, 0.25) is 0 Å².